The second kappa shape index (κ2) is 5.12. The molecule has 4 nitrogen and oxygen atoms in total. The Balaban J connectivity index is 1.74. The number of carbonyl (C=O) groups is 1. The van der Waals surface area contributed by atoms with Crippen LogP contribution in [0.15, 0.2) is 30.6 Å². The van der Waals surface area contributed by atoms with Gasteiger partial charge in [-0.1, -0.05) is 13.8 Å². The van der Waals surface area contributed by atoms with E-state index in [1.807, 2.05) is 13.8 Å². The van der Waals surface area contributed by atoms with E-state index in [9.17, 15) is 13.6 Å². The Bertz CT molecular complexity index is 708. The van der Waals surface area contributed by atoms with Crippen LogP contribution in [0.3, 0.4) is 0 Å². The fraction of sp³-hybridized carbons (Fsp3) is 0.312. The van der Waals surface area contributed by atoms with E-state index in [2.05, 4.69) is 15.3 Å². The van der Waals surface area contributed by atoms with Gasteiger partial charge in [0, 0.05) is 17.5 Å². The number of amides is 1. The van der Waals surface area contributed by atoms with Gasteiger partial charge in [-0.3, -0.25) is 9.78 Å². The van der Waals surface area contributed by atoms with E-state index in [1.54, 1.807) is 0 Å². The molecular formula is C16H15F2N3O. The number of rotatable bonds is 3. The van der Waals surface area contributed by atoms with Crippen molar-refractivity contribution in [1.29, 1.82) is 0 Å². The maximum atomic E-state index is 13.2. The van der Waals surface area contributed by atoms with Crippen molar-refractivity contribution in [2.24, 2.45) is 11.3 Å². The number of benzene rings is 1. The molecule has 22 heavy (non-hydrogen) atoms. The van der Waals surface area contributed by atoms with Crippen LogP contribution in [0.1, 0.15) is 20.3 Å². The molecule has 0 saturated heterocycles. The maximum Gasteiger partial charge on any atom is 0.229 e. The zero-order chi connectivity index (χ0) is 15.9. The molecule has 1 aliphatic carbocycles. The van der Waals surface area contributed by atoms with Crippen molar-refractivity contribution in [3.8, 4) is 11.3 Å². The predicted molar refractivity (Wildman–Crippen MR) is 77.9 cm³/mol. The molecule has 1 N–H and O–H groups in total. The standard InChI is InChI=1S/C16H15F2N3O/c1-16(2)6-12(16)15(22)21-14-8-19-13(7-20-14)9-3-10(17)5-11(18)4-9/h3-5,7-8,12H,6H2,1-2H3,(H,20,21,22)/t12-/m1/s1. The fourth-order valence-electron chi connectivity index (χ4n) is 2.37. The number of nitrogens with zero attached hydrogens (tertiary/aromatic N) is 2. The molecule has 1 fully saturated rings. The van der Waals surface area contributed by atoms with Crippen molar-refractivity contribution in [3.63, 3.8) is 0 Å². The molecular weight excluding hydrogens is 288 g/mol. The van der Waals surface area contributed by atoms with Crippen LogP contribution in [0.25, 0.3) is 11.3 Å². The minimum absolute atomic E-state index is 0.00806. The Labute approximate surface area is 126 Å². The third kappa shape index (κ3) is 2.95. The van der Waals surface area contributed by atoms with Gasteiger partial charge in [-0.2, -0.15) is 0 Å². The SMILES string of the molecule is CC1(C)C[C@@H]1C(=O)Nc1cnc(-c2cc(F)cc(F)c2)cn1. The van der Waals surface area contributed by atoms with Crippen molar-refractivity contribution < 1.29 is 13.6 Å². The van der Waals surface area contributed by atoms with E-state index in [1.165, 1.54) is 24.5 Å². The normalized spacial score (nSPS) is 18.8. The highest BCUT2D eigenvalue weighted by Gasteiger charge is 2.50. The smallest absolute Gasteiger partial charge is 0.229 e. The molecule has 0 radical (unpaired) electrons. The van der Waals surface area contributed by atoms with E-state index in [0.717, 1.165) is 12.5 Å². The number of nitrogens with one attached hydrogen (secondary N) is 1. The number of anilines is 1. The van der Waals surface area contributed by atoms with Crippen molar-refractivity contribution in [2.45, 2.75) is 20.3 Å². The summed E-state index contributed by atoms with van der Waals surface area (Å²) >= 11 is 0. The summed E-state index contributed by atoms with van der Waals surface area (Å²) in [7, 11) is 0. The van der Waals surface area contributed by atoms with Gasteiger partial charge in [-0.15, -0.1) is 0 Å². The first-order chi connectivity index (χ1) is 10.3. The van der Waals surface area contributed by atoms with Crippen LogP contribution in [0.5, 0.6) is 0 Å². The number of halogens is 2. The van der Waals surface area contributed by atoms with Gasteiger partial charge < -0.3 is 5.32 Å². The maximum absolute atomic E-state index is 13.2. The molecule has 114 valence electrons. The molecule has 3 rings (SSSR count). The summed E-state index contributed by atoms with van der Waals surface area (Å²) in [4.78, 5) is 20.1. The van der Waals surface area contributed by atoms with Gasteiger partial charge in [0.05, 0.1) is 18.1 Å². The van der Waals surface area contributed by atoms with Crippen LogP contribution < -0.4 is 5.32 Å². The first kappa shape index (κ1) is 14.6. The zero-order valence-corrected chi connectivity index (χ0v) is 12.2. The van der Waals surface area contributed by atoms with Crippen molar-refractivity contribution in [1.82, 2.24) is 9.97 Å². The van der Waals surface area contributed by atoms with E-state index in [4.69, 9.17) is 0 Å². The van der Waals surface area contributed by atoms with Crippen LogP contribution in [-0.2, 0) is 4.79 Å². The third-order valence-electron chi connectivity index (χ3n) is 3.89. The third-order valence-corrected chi connectivity index (χ3v) is 3.89. The lowest BCUT2D eigenvalue weighted by molar-refractivity contribution is -0.118. The molecule has 1 aliphatic rings. The molecule has 1 saturated carbocycles. The molecule has 1 heterocycles. The van der Waals surface area contributed by atoms with Crippen LogP contribution >= 0.6 is 0 Å². The van der Waals surface area contributed by atoms with Crippen LogP contribution in [0.4, 0.5) is 14.6 Å². The highest BCUT2D eigenvalue weighted by atomic mass is 19.1. The summed E-state index contributed by atoms with van der Waals surface area (Å²) in [5, 5.41) is 2.70. The lowest BCUT2D eigenvalue weighted by Crippen LogP contribution is -2.17. The van der Waals surface area contributed by atoms with Gasteiger partial charge in [-0.05, 0) is 24.0 Å². The number of hydrogen-bond donors (Lipinski definition) is 1. The Morgan fingerprint density at radius 1 is 1.18 bits per heavy atom. The second-order valence-corrected chi connectivity index (χ2v) is 6.18. The minimum atomic E-state index is -0.676. The molecule has 0 unspecified atom stereocenters. The van der Waals surface area contributed by atoms with E-state index < -0.39 is 11.6 Å². The molecule has 1 atom stereocenters. The summed E-state index contributed by atoms with van der Waals surface area (Å²) in [6, 6.07) is 3.15. The van der Waals surface area contributed by atoms with Gasteiger partial charge in [0.25, 0.3) is 0 Å². The summed E-state index contributed by atoms with van der Waals surface area (Å²) < 4.78 is 26.4. The average Bonchev–Trinajstić information content (AvgIpc) is 3.08. The molecule has 1 amide bonds. The first-order valence-corrected chi connectivity index (χ1v) is 6.94. The lowest BCUT2D eigenvalue weighted by Gasteiger charge is -2.06. The minimum Gasteiger partial charge on any atom is -0.309 e. The molecule has 2 aromatic rings. The van der Waals surface area contributed by atoms with Gasteiger partial charge in [-0.25, -0.2) is 13.8 Å². The summed E-state index contributed by atoms with van der Waals surface area (Å²) in [6.07, 6.45) is 3.61. The van der Waals surface area contributed by atoms with Crippen molar-refractivity contribution in [2.75, 3.05) is 5.32 Å². The molecule has 0 bridgehead atoms. The van der Waals surface area contributed by atoms with Crippen molar-refractivity contribution in [3.05, 3.63) is 42.2 Å². The summed E-state index contributed by atoms with van der Waals surface area (Å²) in [5.74, 6) is -1.11. The number of carbonyl (C=O) groups excluding carboxylic acids is 1. The summed E-state index contributed by atoms with van der Waals surface area (Å²) in [6.45, 7) is 4.06. The van der Waals surface area contributed by atoms with Crippen LogP contribution in [0, 0.1) is 23.0 Å². The first-order valence-electron chi connectivity index (χ1n) is 6.94. The second-order valence-electron chi connectivity index (χ2n) is 6.18. The van der Waals surface area contributed by atoms with E-state index in [-0.39, 0.29) is 17.2 Å². The lowest BCUT2D eigenvalue weighted by atomic mass is 10.1. The summed E-state index contributed by atoms with van der Waals surface area (Å²) in [5.41, 5.74) is 0.672. The zero-order valence-electron chi connectivity index (χ0n) is 12.2. The molecule has 0 spiro atoms. The number of aromatic nitrogens is 2. The molecule has 1 aromatic heterocycles. The topological polar surface area (TPSA) is 54.9 Å². The van der Waals surface area contributed by atoms with E-state index in [0.29, 0.717) is 17.1 Å². The largest absolute Gasteiger partial charge is 0.309 e. The Morgan fingerprint density at radius 3 is 2.32 bits per heavy atom. The average molecular weight is 303 g/mol. The van der Waals surface area contributed by atoms with Gasteiger partial charge >= 0.3 is 0 Å². The van der Waals surface area contributed by atoms with E-state index >= 15 is 0 Å². The highest BCUT2D eigenvalue weighted by molar-refractivity contribution is 5.94. The fourth-order valence-corrected chi connectivity index (χ4v) is 2.37. The van der Waals surface area contributed by atoms with Crippen LogP contribution in [-0.4, -0.2) is 15.9 Å². The predicted octanol–water partition coefficient (Wildman–Crippen LogP) is 3.41. The van der Waals surface area contributed by atoms with Crippen molar-refractivity contribution >= 4 is 11.7 Å². The Morgan fingerprint density at radius 2 is 1.82 bits per heavy atom. The Hall–Kier alpha value is -2.37. The monoisotopic (exact) mass is 303 g/mol. The van der Waals surface area contributed by atoms with Gasteiger partial charge in [0.1, 0.15) is 11.6 Å². The highest BCUT2D eigenvalue weighted by Crippen LogP contribution is 2.51. The quantitative estimate of drug-likeness (QED) is 0.945. The molecule has 6 heteroatoms. The van der Waals surface area contributed by atoms with Gasteiger partial charge in [0.15, 0.2) is 5.82 Å². The molecule has 1 aromatic carbocycles. The number of hydrogen-bond acceptors (Lipinski definition) is 3. The van der Waals surface area contributed by atoms with Crippen LogP contribution in [0.2, 0.25) is 0 Å². The van der Waals surface area contributed by atoms with Gasteiger partial charge in [0.2, 0.25) is 5.91 Å². The Kier molecular flexibility index (Phi) is 3.39. The molecule has 0 aliphatic heterocycles.